The summed E-state index contributed by atoms with van der Waals surface area (Å²) in [5, 5.41) is 25.4. The number of nitrogens with zero attached hydrogens (tertiary/aromatic N) is 2. The smallest absolute Gasteiger partial charge is 0.239 e. The fourth-order valence-corrected chi connectivity index (χ4v) is 12.4. The van der Waals surface area contributed by atoms with Gasteiger partial charge in [-0.2, -0.15) is 0 Å². The molecular formula is C64H82N2O10. The van der Waals surface area contributed by atoms with Gasteiger partial charge in [0.1, 0.15) is 23.3 Å². The van der Waals surface area contributed by atoms with Crippen molar-refractivity contribution >= 4 is 11.6 Å². The molecule has 4 aromatic carbocycles. The van der Waals surface area contributed by atoms with Crippen molar-refractivity contribution in [1.82, 2.24) is 4.90 Å². The number of rotatable bonds is 29. The maximum absolute atomic E-state index is 15.5. The van der Waals surface area contributed by atoms with E-state index in [-0.39, 0.29) is 56.8 Å². The molecule has 2 N–H and O–H groups in total. The van der Waals surface area contributed by atoms with Gasteiger partial charge in [-0.1, -0.05) is 137 Å². The zero-order valence-corrected chi connectivity index (χ0v) is 44.9. The zero-order chi connectivity index (χ0) is 52.5. The predicted octanol–water partition coefficient (Wildman–Crippen LogP) is 14.0. The van der Waals surface area contributed by atoms with E-state index in [1.54, 1.807) is 6.08 Å². The largest absolute Gasteiger partial charge is 0.459 e. The minimum Gasteiger partial charge on any atom is -0.459 e. The van der Waals surface area contributed by atoms with Gasteiger partial charge in [0.15, 0.2) is 11.5 Å². The molecule has 0 aromatic heterocycles. The molecule has 1 unspecified atom stereocenters. The van der Waals surface area contributed by atoms with Crippen molar-refractivity contribution in [2.75, 3.05) is 33.2 Å². The van der Waals surface area contributed by atoms with Crippen molar-refractivity contribution < 1.29 is 48.3 Å². The molecule has 2 aliphatic carbocycles. The van der Waals surface area contributed by atoms with Crippen LogP contribution in [0.25, 0.3) is 11.1 Å². The first kappa shape index (κ1) is 55.1. The molecule has 7 atom stereocenters. The lowest BCUT2D eigenvalue weighted by molar-refractivity contribution is -0.258. The number of allylic oxidation sites excluding steroid dienone is 1. The van der Waals surface area contributed by atoms with Crippen LogP contribution in [0.1, 0.15) is 152 Å². The molecule has 9 rings (SSSR count). The minimum absolute atomic E-state index is 0.0145. The summed E-state index contributed by atoms with van der Waals surface area (Å²) in [4.78, 5) is 24.0. The summed E-state index contributed by atoms with van der Waals surface area (Å²) in [5.74, 6) is 1.43. The van der Waals surface area contributed by atoms with E-state index in [1.165, 1.54) is 38.5 Å². The average Bonchev–Trinajstić information content (AvgIpc) is 4.08. The van der Waals surface area contributed by atoms with E-state index in [4.69, 9.17) is 38.4 Å². The van der Waals surface area contributed by atoms with E-state index in [0.717, 1.165) is 97.7 Å². The second-order valence-electron chi connectivity index (χ2n) is 21.5. The van der Waals surface area contributed by atoms with Gasteiger partial charge in [0.25, 0.3) is 0 Å². The number of ether oxygens (including phenoxy) is 6. The number of hydrogen-bond donors (Lipinski definition) is 2. The molecular weight excluding hydrogens is 957 g/mol. The van der Waals surface area contributed by atoms with Crippen LogP contribution in [0.3, 0.4) is 0 Å². The fourth-order valence-electron chi connectivity index (χ4n) is 12.4. The van der Waals surface area contributed by atoms with E-state index in [9.17, 15) is 10.2 Å². The number of carbonyl (C=O) groups excluding carboxylic acids is 1. The van der Waals surface area contributed by atoms with Crippen molar-refractivity contribution in [3.8, 4) is 39.9 Å². The first-order chi connectivity index (χ1) is 37.4. The van der Waals surface area contributed by atoms with Crippen LogP contribution in [-0.4, -0.2) is 78.1 Å². The van der Waals surface area contributed by atoms with Crippen molar-refractivity contribution in [2.24, 2.45) is 22.9 Å². The lowest BCUT2D eigenvalue weighted by Gasteiger charge is -2.60. The molecule has 76 heavy (non-hydrogen) atoms. The molecule has 5 aliphatic rings. The Kier molecular flexibility index (Phi) is 20.0. The number of benzene rings is 4. The standard InChI is InChI=1S/C64H82N2O10/c1-3-5-6-7-8-9-10-11-15-26-60(69)66(44-46-28-34-57-58(40-46)72-45-71-57)59-43-55(65-76-61-27-18-21-39-70-61)53-41-49(24-16-19-36-67)52(25-17-20-37-68)62-54-42-51(33-35-56(54)75-64(59,63(53)62)73-38-4-2)74-50-31-29-48(30-32-50)47-22-13-12-14-23-47/h4,12-14,22-23,28-35,40-42,49,52,59,61-63,67-68H,2-3,5-11,15-21,24-27,36-39,43-45H2,1H3/t49-,52+,59-,61?,62+,63+,64+/m0/s1. The molecule has 12 heteroatoms. The van der Waals surface area contributed by atoms with Gasteiger partial charge in [-0.3, -0.25) is 4.79 Å². The maximum atomic E-state index is 15.5. The first-order valence-electron chi connectivity index (χ1n) is 28.8. The fraction of sp³-hybridized carbons (Fsp3) is 0.531. The summed E-state index contributed by atoms with van der Waals surface area (Å²) < 4.78 is 39.5. The molecule has 4 aromatic rings. The molecule has 2 fully saturated rings. The van der Waals surface area contributed by atoms with Crippen LogP contribution in [-0.2, 0) is 25.7 Å². The monoisotopic (exact) mass is 1040 g/mol. The molecule has 0 bridgehead atoms. The topological polar surface area (TPSA) is 138 Å². The van der Waals surface area contributed by atoms with Crippen LogP contribution in [0.5, 0.6) is 28.7 Å². The maximum Gasteiger partial charge on any atom is 0.239 e. The van der Waals surface area contributed by atoms with E-state index in [1.807, 2.05) is 65.6 Å². The number of carbonyl (C=O) groups is 1. The van der Waals surface area contributed by atoms with Crippen LogP contribution in [0.15, 0.2) is 120 Å². The summed E-state index contributed by atoms with van der Waals surface area (Å²) in [6.45, 7) is 7.80. The Balaban J connectivity index is 1.16. The highest BCUT2D eigenvalue weighted by molar-refractivity contribution is 6.03. The normalized spacial score (nSPS) is 23.7. The lowest BCUT2D eigenvalue weighted by atomic mass is 9.55. The van der Waals surface area contributed by atoms with Gasteiger partial charge >= 0.3 is 0 Å². The number of oxime groups is 1. The quantitative estimate of drug-likeness (QED) is 0.0307. The molecule has 0 radical (unpaired) electrons. The van der Waals surface area contributed by atoms with Crippen LogP contribution in [0.4, 0.5) is 0 Å². The summed E-state index contributed by atoms with van der Waals surface area (Å²) in [6, 6.07) is 29.9. The number of aliphatic hydroxyl groups is 2. The minimum atomic E-state index is -1.41. The molecule has 1 saturated heterocycles. The Bertz CT molecular complexity index is 2540. The highest BCUT2D eigenvalue weighted by atomic mass is 16.8. The molecule has 1 amide bonds. The first-order valence-corrected chi connectivity index (χ1v) is 28.8. The molecule has 3 aliphatic heterocycles. The van der Waals surface area contributed by atoms with Crippen molar-refractivity contribution in [1.29, 1.82) is 0 Å². The summed E-state index contributed by atoms with van der Waals surface area (Å²) in [7, 11) is 0. The van der Waals surface area contributed by atoms with Crippen molar-refractivity contribution in [2.45, 2.75) is 166 Å². The van der Waals surface area contributed by atoms with E-state index >= 15 is 4.79 Å². The highest BCUT2D eigenvalue weighted by Gasteiger charge is 2.65. The lowest BCUT2D eigenvalue weighted by Crippen LogP contribution is -2.70. The van der Waals surface area contributed by atoms with Crippen LogP contribution >= 0.6 is 0 Å². The Labute approximate surface area is 451 Å². The van der Waals surface area contributed by atoms with Crippen molar-refractivity contribution in [3.63, 3.8) is 0 Å². The number of fused-ring (bicyclic) bond motifs is 3. The highest BCUT2D eigenvalue weighted by Crippen LogP contribution is 2.62. The Hall–Kier alpha value is -5.66. The molecule has 12 nitrogen and oxygen atoms in total. The van der Waals surface area contributed by atoms with Crippen LogP contribution in [0, 0.1) is 17.8 Å². The SMILES string of the molecule is C=CCO[C@@]12Oc3ccc(Oc4ccc(-c5ccccc5)cc4)cc3[C@H]3[C@H](CCCCO)[C@@H](CCCCO)C=C(C(=NOC4CCCCO4)C[C@@H]1N(Cc1ccc4c(c1)OCO4)C(=O)CCCCCCCCCCC)[C@H]32. The molecule has 1 saturated carbocycles. The summed E-state index contributed by atoms with van der Waals surface area (Å²) >= 11 is 0. The van der Waals surface area contributed by atoms with Crippen LogP contribution < -0.4 is 18.9 Å². The van der Waals surface area contributed by atoms with Crippen LogP contribution in [0.2, 0.25) is 0 Å². The van der Waals surface area contributed by atoms with E-state index in [2.05, 4.69) is 49.9 Å². The summed E-state index contributed by atoms with van der Waals surface area (Å²) in [6.07, 6.45) is 21.9. The second kappa shape index (κ2) is 27.6. The second-order valence-corrected chi connectivity index (χ2v) is 21.5. The predicted molar refractivity (Wildman–Crippen MR) is 297 cm³/mol. The number of amides is 1. The molecule has 0 spiro atoms. The van der Waals surface area contributed by atoms with Gasteiger partial charge in [-0.25, -0.2) is 0 Å². The summed E-state index contributed by atoms with van der Waals surface area (Å²) in [5.41, 5.74) is 5.86. The van der Waals surface area contributed by atoms with Gasteiger partial charge < -0.3 is 48.4 Å². The molecule has 3 heterocycles. The average molecular weight is 1040 g/mol. The van der Waals surface area contributed by atoms with Gasteiger partial charge in [0.2, 0.25) is 24.8 Å². The Morgan fingerprint density at radius 2 is 1.51 bits per heavy atom. The Morgan fingerprint density at radius 3 is 2.26 bits per heavy atom. The van der Waals surface area contributed by atoms with Gasteiger partial charge in [0, 0.05) is 50.5 Å². The zero-order valence-electron chi connectivity index (χ0n) is 44.9. The number of hydrogen-bond acceptors (Lipinski definition) is 11. The van der Waals surface area contributed by atoms with Gasteiger partial charge in [0.05, 0.1) is 24.8 Å². The van der Waals surface area contributed by atoms with E-state index in [0.29, 0.717) is 61.0 Å². The Morgan fingerprint density at radius 1 is 0.789 bits per heavy atom. The number of unbranched alkanes of at least 4 members (excludes halogenated alkanes) is 10. The molecule has 408 valence electrons. The third-order valence-electron chi connectivity index (χ3n) is 16.2. The third kappa shape index (κ3) is 13.4. The van der Waals surface area contributed by atoms with E-state index < -0.39 is 24.0 Å². The van der Waals surface area contributed by atoms with Gasteiger partial charge in [-0.15, -0.1) is 6.58 Å². The van der Waals surface area contributed by atoms with Crippen molar-refractivity contribution in [3.05, 3.63) is 126 Å². The third-order valence-corrected chi connectivity index (χ3v) is 16.2. The number of aliphatic hydroxyl groups excluding tert-OH is 2. The van der Waals surface area contributed by atoms with Gasteiger partial charge in [-0.05, 0) is 122 Å².